The minimum absolute atomic E-state index is 0.529. The monoisotopic (exact) mass is 255 g/mol. The molecule has 0 aliphatic carbocycles. The van der Waals surface area contributed by atoms with Crippen LogP contribution < -0.4 is 5.32 Å². The minimum Gasteiger partial charge on any atom is -0.378 e. The van der Waals surface area contributed by atoms with Gasteiger partial charge in [-0.1, -0.05) is 51.9 Å². The number of unbranched alkanes of at least 4 members (excludes halogenated alkanes) is 6. The number of nitrogens with one attached hydrogen (secondary N) is 1. The Morgan fingerprint density at radius 2 is 1.78 bits per heavy atom. The van der Waals surface area contributed by atoms with Gasteiger partial charge in [0.2, 0.25) is 0 Å². The van der Waals surface area contributed by atoms with Gasteiger partial charge in [0.05, 0.1) is 6.10 Å². The maximum atomic E-state index is 5.95. The van der Waals surface area contributed by atoms with Crippen LogP contribution in [0, 0.1) is 5.92 Å². The molecule has 0 spiro atoms. The van der Waals surface area contributed by atoms with E-state index in [1.165, 1.54) is 64.2 Å². The Kier molecular flexibility index (Phi) is 9.59. The topological polar surface area (TPSA) is 21.3 Å². The molecule has 1 N–H and O–H groups in total. The number of hydrogen-bond acceptors (Lipinski definition) is 2. The van der Waals surface area contributed by atoms with Crippen molar-refractivity contribution in [3.05, 3.63) is 0 Å². The molecule has 0 bridgehead atoms. The summed E-state index contributed by atoms with van der Waals surface area (Å²) in [7, 11) is 2.05. The van der Waals surface area contributed by atoms with Crippen molar-refractivity contribution < 1.29 is 4.74 Å². The zero-order chi connectivity index (χ0) is 13.1. The van der Waals surface area contributed by atoms with E-state index in [9.17, 15) is 0 Å². The van der Waals surface area contributed by atoms with Gasteiger partial charge in [-0.15, -0.1) is 0 Å². The normalized spacial score (nSPS) is 24.3. The van der Waals surface area contributed by atoms with E-state index in [2.05, 4.69) is 19.3 Å². The highest BCUT2D eigenvalue weighted by Gasteiger charge is 2.24. The molecule has 0 amide bonds. The highest BCUT2D eigenvalue weighted by atomic mass is 16.5. The Hall–Kier alpha value is -0.0800. The SMILES string of the molecule is CCCCCCCCCC1OCCCC1CNC. The van der Waals surface area contributed by atoms with E-state index in [0.29, 0.717) is 6.10 Å². The molecule has 2 unspecified atom stereocenters. The Morgan fingerprint density at radius 1 is 1.06 bits per heavy atom. The maximum Gasteiger partial charge on any atom is 0.0615 e. The average Bonchev–Trinajstić information content (AvgIpc) is 2.40. The molecule has 1 aliphatic heterocycles. The fraction of sp³-hybridized carbons (Fsp3) is 1.00. The lowest BCUT2D eigenvalue weighted by Crippen LogP contribution is -2.35. The van der Waals surface area contributed by atoms with Crippen molar-refractivity contribution >= 4 is 0 Å². The predicted molar refractivity (Wildman–Crippen MR) is 79.0 cm³/mol. The van der Waals surface area contributed by atoms with E-state index < -0.39 is 0 Å². The van der Waals surface area contributed by atoms with E-state index in [1.807, 2.05) is 0 Å². The largest absolute Gasteiger partial charge is 0.378 e. The molecule has 1 saturated heterocycles. The van der Waals surface area contributed by atoms with Gasteiger partial charge in [-0.3, -0.25) is 0 Å². The van der Waals surface area contributed by atoms with Gasteiger partial charge >= 0.3 is 0 Å². The molecule has 18 heavy (non-hydrogen) atoms. The molecule has 0 aromatic heterocycles. The molecule has 0 radical (unpaired) electrons. The molecule has 1 heterocycles. The van der Waals surface area contributed by atoms with Crippen molar-refractivity contribution in [2.75, 3.05) is 20.2 Å². The summed E-state index contributed by atoms with van der Waals surface area (Å²) >= 11 is 0. The lowest BCUT2D eigenvalue weighted by Gasteiger charge is -2.31. The fourth-order valence-corrected chi connectivity index (χ4v) is 3.02. The van der Waals surface area contributed by atoms with Crippen molar-refractivity contribution in [1.82, 2.24) is 5.32 Å². The first-order valence-electron chi connectivity index (χ1n) is 8.14. The van der Waals surface area contributed by atoms with E-state index >= 15 is 0 Å². The van der Waals surface area contributed by atoms with Gasteiger partial charge in [0.1, 0.15) is 0 Å². The third-order valence-corrected chi connectivity index (χ3v) is 4.14. The minimum atomic E-state index is 0.529. The van der Waals surface area contributed by atoms with Crippen LogP contribution in [0.3, 0.4) is 0 Å². The lowest BCUT2D eigenvalue weighted by atomic mass is 9.90. The molecule has 0 aromatic carbocycles. The van der Waals surface area contributed by atoms with Gasteiger partial charge < -0.3 is 10.1 Å². The standard InChI is InChI=1S/C16H33NO/c1-3-4-5-6-7-8-9-12-16-15(14-17-2)11-10-13-18-16/h15-17H,3-14H2,1-2H3. The first-order valence-corrected chi connectivity index (χ1v) is 8.14. The van der Waals surface area contributed by atoms with E-state index in [1.54, 1.807) is 0 Å². The molecule has 1 aliphatic rings. The summed E-state index contributed by atoms with van der Waals surface area (Å²) in [5, 5.41) is 3.31. The van der Waals surface area contributed by atoms with E-state index in [0.717, 1.165) is 19.1 Å². The number of rotatable bonds is 10. The summed E-state index contributed by atoms with van der Waals surface area (Å²) in [4.78, 5) is 0. The smallest absolute Gasteiger partial charge is 0.0615 e. The lowest BCUT2D eigenvalue weighted by molar-refractivity contribution is -0.0308. The van der Waals surface area contributed by atoms with Gasteiger partial charge in [0.25, 0.3) is 0 Å². The molecule has 2 nitrogen and oxygen atoms in total. The summed E-state index contributed by atoms with van der Waals surface area (Å²) in [5.41, 5.74) is 0. The summed E-state index contributed by atoms with van der Waals surface area (Å²) in [6.07, 6.45) is 14.2. The van der Waals surface area contributed by atoms with Crippen molar-refractivity contribution in [3.8, 4) is 0 Å². The molecule has 1 fully saturated rings. The summed E-state index contributed by atoms with van der Waals surface area (Å²) in [5.74, 6) is 0.754. The third-order valence-electron chi connectivity index (χ3n) is 4.14. The second-order valence-electron chi connectivity index (χ2n) is 5.78. The summed E-state index contributed by atoms with van der Waals surface area (Å²) in [6, 6.07) is 0. The van der Waals surface area contributed by atoms with Crippen LogP contribution in [0.2, 0.25) is 0 Å². The molecule has 108 valence electrons. The highest BCUT2D eigenvalue weighted by Crippen LogP contribution is 2.24. The quantitative estimate of drug-likeness (QED) is 0.592. The van der Waals surface area contributed by atoms with Crippen LogP contribution in [0.1, 0.15) is 71.1 Å². The Labute approximate surface area is 114 Å². The summed E-state index contributed by atoms with van der Waals surface area (Å²) in [6.45, 7) is 4.39. The molecule has 1 rings (SSSR count). The second kappa shape index (κ2) is 10.8. The molecular weight excluding hydrogens is 222 g/mol. The van der Waals surface area contributed by atoms with Crippen LogP contribution in [0.4, 0.5) is 0 Å². The van der Waals surface area contributed by atoms with Crippen LogP contribution in [0.25, 0.3) is 0 Å². The second-order valence-corrected chi connectivity index (χ2v) is 5.78. The van der Waals surface area contributed by atoms with Crippen LogP contribution in [0.5, 0.6) is 0 Å². The van der Waals surface area contributed by atoms with Crippen LogP contribution >= 0.6 is 0 Å². The van der Waals surface area contributed by atoms with Crippen molar-refractivity contribution in [3.63, 3.8) is 0 Å². The van der Waals surface area contributed by atoms with Crippen LogP contribution in [0.15, 0.2) is 0 Å². The third kappa shape index (κ3) is 6.75. The molecular formula is C16H33NO. The van der Waals surface area contributed by atoms with Crippen LogP contribution in [-0.4, -0.2) is 26.3 Å². The van der Waals surface area contributed by atoms with Gasteiger partial charge in [-0.05, 0) is 32.2 Å². The first kappa shape index (κ1) is 16.0. The number of ether oxygens (including phenoxy) is 1. The molecule has 0 aromatic rings. The number of hydrogen-bond donors (Lipinski definition) is 1. The molecule has 2 atom stereocenters. The predicted octanol–water partition coefficient (Wildman–Crippen LogP) is 4.14. The highest BCUT2D eigenvalue weighted by molar-refractivity contribution is 4.76. The van der Waals surface area contributed by atoms with Gasteiger partial charge in [0, 0.05) is 13.2 Å². The fourth-order valence-electron chi connectivity index (χ4n) is 3.02. The molecule has 2 heteroatoms. The van der Waals surface area contributed by atoms with Crippen LogP contribution in [-0.2, 0) is 4.74 Å². The van der Waals surface area contributed by atoms with Gasteiger partial charge in [-0.25, -0.2) is 0 Å². The zero-order valence-corrected chi connectivity index (χ0v) is 12.5. The van der Waals surface area contributed by atoms with Gasteiger partial charge in [0.15, 0.2) is 0 Å². The Balaban J connectivity index is 2.02. The van der Waals surface area contributed by atoms with Crippen molar-refractivity contribution in [2.24, 2.45) is 5.92 Å². The maximum absolute atomic E-state index is 5.95. The van der Waals surface area contributed by atoms with Gasteiger partial charge in [-0.2, -0.15) is 0 Å². The average molecular weight is 255 g/mol. The Morgan fingerprint density at radius 3 is 2.50 bits per heavy atom. The zero-order valence-electron chi connectivity index (χ0n) is 12.5. The van der Waals surface area contributed by atoms with E-state index in [4.69, 9.17) is 4.74 Å². The van der Waals surface area contributed by atoms with Crippen molar-refractivity contribution in [1.29, 1.82) is 0 Å². The first-order chi connectivity index (χ1) is 8.88. The Bertz CT molecular complexity index is 182. The van der Waals surface area contributed by atoms with E-state index in [-0.39, 0.29) is 0 Å². The van der Waals surface area contributed by atoms with Crippen molar-refractivity contribution in [2.45, 2.75) is 77.2 Å². The summed E-state index contributed by atoms with van der Waals surface area (Å²) < 4.78 is 5.95. The molecule has 0 saturated carbocycles.